The Morgan fingerprint density at radius 3 is 2.57 bits per heavy atom. The van der Waals surface area contributed by atoms with E-state index >= 15 is 0 Å². The van der Waals surface area contributed by atoms with E-state index in [1.54, 1.807) is 19.2 Å². The van der Waals surface area contributed by atoms with E-state index in [9.17, 15) is 4.39 Å². The van der Waals surface area contributed by atoms with Crippen LogP contribution in [0.5, 0.6) is 0 Å². The van der Waals surface area contributed by atoms with Crippen molar-refractivity contribution in [1.82, 2.24) is 10.6 Å². The van der Waals surface area contributed by atoms with E-state index in [4.69, 9.17) is 11.6 Å². The van der Waals surface area contributed by atoms with E-state index in [0.717, 1.165) is 12.4 Å². The van der Waals surface area contributed by atoms with Crippen LogP contribution in [0.3, 0.4) is 0 Å². The number of nitrogens with zero attached hydrogens (tertiary/aromatic N) is 1. The maximum atomic E-state index is 13.8. The molecule has 1 fully saturated rings. The molecule has 1 aromatic rings. The van der Waals surface area contributed by atoms with Crippen molar-refractivity contribution in [3.8, 4) is 0 Å². The van der Waals surface area contributed by atoms with E-state index in [1.807, 2.05) is 0 Å². The molecule has 2 N–H and O–H groups in total. The highest BCUT2D eigenvalue weighted by molar-refractivity contribution is 14.0. The van der Waals surface area contributed by atoms with Gasteiger partial charge in [-0.1, -0.05) is 17.7 Å². The molecule has 0 radical (unpaired) electrons. The fourth-order valence-corrected chi connectivity index (χ4v) is 2.53. The number of benzene rings is 1. The van der Waals surface area contributed by atoms with Gasteiger partial charge in [0.2, 0.25) is 0 Å². The molecule has 0 heterocycles. The lowest BCUT2D eigenvalue weighted by Crippen LogP contribution is -2.48. The number of halogens is 3. The Bertz CT molecular complexity index is 508. The zero-order valence-electron chi connectivity index (χ0n) is 12.7. The molecule has 1 aliphatic rings. The van der Waals surface area contributed by atoms with Crippen LogP contribution in [0, 0.1) is 5.82 Å². The molecule has 3 nitrogen and oxygen atoms in total. The third kappa shape index (κ3) is 4.98. The molecule has 0 aliphatic heterocycles. The second kappa shape index (κ2) is 7.13. The third-order valence-corrected chi connectivity index (χ3v) is 3.53. The van der Waals surface area contributed by atoms with Crippen molar-refractivity contribution in [2.24, 2.45) is 4.99 Å². The number of hydrogen-bond donors (Lipinski definition) is 2. The van der Waals surface area contributed by atoms with Gasteiger partial charge in [-0.2, -0.15) is 0 Å². The summed E-state index contributed by atoms with van der Waals surface area (Å²) in [4.78, 5) is 4.19. The van der Waals surface area contributed by atoms with Gasteiger partial charge in [-0.25, -0.2) is 4.39 Å². The Labute approximate surface area is 147 Å². The normalized spacial score (nSPS) is 21.5. The fourth-order valence-electron chi connectivity index (χ4n) is 2.23. The molecular formula is C15H22ClFIN3. The monoisotopic (exact) mass is 425 g/mol. The lowest BCUT2D eigenvalue weighted by Gasteiger charge is -2.24. The van der Waals surface area contributed by atoms with E-state index < -0.39 is 0 Å². The highest BCUT2D eigenvalue weighted by atomic mass is 127. The maximum absolute atomic E-state index is 13.8. The van der Waals surface area contributed by atoms with Crippen molar-refractivity contribution in [2.75, 3.05) is 7.05 Å². The summed E-state index contributed by atoms with van der Waals surface area (Å²) < 4.78 is 13.8. The summed E-state index contributed by atoms with van der Waals surface area (Å²) in [7, 11) is 1.73. The molecule has 0 amide bonds. The Balaban J connectivity index is 0.00000220. The highest BCUT2D eigenvalue weighted by Crippen LogP contribution is 2.44. The van der Waals surface area contributed by atoms with Crippen LogP contribution in [0.25, 0.3) is 0 Å². The summed E-state index contributed by atoms with van der Waals surface area (Å²) in [5, 5.41) is 7.10. The standard InChI is InChI=1S/C15H21ClFN3.HI/c1-15(2,3)20-14(18-4)19-12-8-9(12)13-10(16)6-5-7-11(13)17;/h5-7,9,12H,8H2,1-4H3,(H2,18,19,20);1H. The predicted octanol–water partition coefficient (Wildman–Crippen LogP) is 3.92. The summed E-state index contributed by atoms with van der Waals surface area (Å²) in [5.41, 5.74) is 0.542. The van der Waals surface area contributed by atoms with Crippen LogP contribution in [0.1, 0.15) is 38.7 Å². The Kier molecular flexibility index (Phi) is 6.28. The van der Waals surface area contributed by atoms with Crippen molar-refractivity contribution in [3.63, 3.8) is 0 Å². The Morgan fingerprint density at radius 2 is 2.05 bits per heavy atom. The number of hydrogen-bond acceptors (Lipinski definition) is 1. The van der Waals surface area contributed by atoms with Gasteiger partial charge in [0.1, 0.15) is 5.82 Å². The largest absolute Gasteiger partial charge is 0.353 e. The second-order valence-corrected chi connectivity index (χ2v) is 6.58. The van der Waals surface area contributed by atoms with Crippen LogP contribution in [0.4, 0.5) is 4.39 Å². The van der Waals surface area contributed by atoms with Crippen LogP contribution in [0.2, 0.25) is 5.02 Å². The molecule has 1 aliphatic carbocycles. The number of nitrogens with one attached hydrogen (secondary N) is 2. The molecular weight excluding hydrogens is 404 g/mol. The lowest BCUT2D eigenvalue weighted by molar-refractivity contribution is 0.500. The average molecular weight is 426 g/mol. The zero-order valence-corrected chi connectivity index (χ0v) is 15.8. The SMILES string of the molecule is CN=C(NC1CC1c1c(F)cccc1Cl)NC(C)(C)C.I. The van der Waals surface area contributed by atoms with Crippen LogP contribution in [-0.2, 0) is 0 Å². The first-order valence-corrected chi connectivity index (χ1v) is 7.15. The molecule has 21 heavy (non-hydrogen) atoms. The van der Waals surface area contributed by atoms with Gasteiger partial charge in [-0.3, -0.25) is 4.99 Å². The Hall–Kier alpha value is -0.560. The molecule has 2 unspecified atom stereocenters. The molecule has 1 aromatic carbocycles. The van der Waals surface area contributed by atoms with Gasteiger partial charge >= 0.3 is 0 Å². The minimum Gasteiger partial charge on any atom is -0.353 e. The second-order valence-electron chi connectivity index (χ2n) is 6.18. The van der Waals surface area contributed by atoms with Gasteiger partial charge in [-0.15, -0.1) is 24.0 Å². The fraction of sp³-hybridized carbons (Fsp3) is 0.533. The molecule has 118 valence electrons. The van der Waals surface area contributed by atoms with E-state index in [1.165, 1.54) is 6.07 Å². The van der Waals surface area contributed by atoms with E-state index in [-0.39, 0.29) is 47.3 Å². The summed E-state index contributed by atoms with van der Waals surface area (Å²) in [6.07, 6.45) is 0.867. The van der Waals surface area contributed by atoms with E-state index in [0.29, 0.717) is 10.6 Å². The number of aliphatic imine (C=N–C) groups is 1. The highest BCUT2D eigenvalue weighted by Gasteiger charge is 2.42. The molecule has 0 aromatic heterocycles. The smallest absolute Gasteiger partial charge is 0.191 e. The summed E-state index contributed by atoms with van der Waals surface area (Å²) in [5.74, 6) is 0.616. The summed E-state index contributed by atoms with van der Waals surface area (Å²) in [6, 6.07) is 5.00. The van der Waals surface area contributed by atoms with Crippen molar-refractivity contribution < 1.29 is 4.39 Å². The minimum absolute atomic E-state index is 0. The lowest BCUT2D eigenvalue weighted by atomic mass is 10.1. The van der Waals surface area contributed by atoms with E-state index in [2.05, 4.69) is 36.4 Å². The molecule has 2 rings (SSSR count). The quantitative estimate of drug-likeness (QED) is 0.428. The summed E-state index contributed by atoms with van der Waals surface area (Å²) >= 11 is 6.09. The zero-order chi connectivity index (χ0) is 14.9. The van der Waals surface area contributed by atoms with Crippen LogP contribution >= 0.6 is 35.6 Å². The number of guanidine groups is 1. The van der Waals surface area contributed by atoms with Crippen molar-refractivity contribution in [1.29, 1.82) is 0 Å². The molecule has 6 heteroatoms. The topological polar surface area (TPSA) is 36.4 Å². The van der Waals surface area contributed by atoms with Crippen molar-refractivity contribution in [3.05, 3.63) is 34.6 Å². The van der Waals surface area contributed by atoms with Gasteiger partial charge in [0, 0.05) is 35.1 Å². The Morgan fingerprint density at radius 1 is 1.38 bits per heavy atom. The summed E-state index contributed by atoms with van der Waals surface area (Å²) in [6.45, 7) is 6.20. The van der Waals surface area contributed by atoms with Crippen LogP contribution in [0.15, 0.2) is 23.2 Å². The molecule has 2 atom stereocenters. The first-order valence-electron chi connectivity index (χ1n) is 6.77. The minimum atomic E-state index is -0.231. The molecule has 0 spiro atoms. The first-order chi connectivity index (χ1) is 9.31. The van der Waals surface area contributed by atoms with Gasteiger partial charge in [0.25, 0.3) is 0 Å². The average Bonchev–Trinajstić information content (AvgIpc) is 3.05. The van der Waals surface area contributed by atoms with Crippen LogP contribution in [-0.4, -0.2) is 24.6 Å². The molecule has 1 saturated carbocycles. The van der Waals surface area contributed by atoms with Crippen LogP contribution < -0.4 is 10.6 Å². The van der Waals surface area contributed by atoms with Crippen molar-refractivity contribution >= 4 is 41.5 Å². The van der Waals surface area contributed by atoms with Gasteiger partial charge < -0.3 is 10.6 Å². The molecule has 0 saturated heterocycles. The third-order valence-electron chi connectivity index (χ3n) is 3.20. The van der Waals surface area contributed by atoms with Gasteiger partial charge in [0.05, 0.1) is 0 Å². The van der Waals surface area contributed by atoms with Crippen molar-refractivity contribution in [2.45, 2.75) is 44.7 Å². The van der Waals surface area contributed by atoms with Gasteiger partial charge in [0.15, 0.2) is 5.96 Å². The maximum Gasteiger partial charge on any atom is 0.191 e. The first kappa shape index (κ1) is 18.5. The van der Waals surface area contributed by atoms with Gasteiger partial charge in [-0.05, 0) is 39.3 Å². The number of rotatable bonds is 2. The predicted molar refractivity (Wildman–Crippen MR) is 97.4 cm³/mol. The molecule has 0 bridgehead atoms.